The van der Waals surface area contributed by atoms with Crippen LogP contribution in [0.1, 0.15) is 93.9 Å². The molecule has 45 heavy (non-hydrogen) atoms. The van der Waals surface area contributed by atoms with Crippen LogP contribution < -0.4 is 10.6 Å². The van der Waals surface area contributed by atoms with Gasteiger partial charge in [-0.2, -0.15) is 0 Å². The molecule has 5 N–H and O–H groups in total. The summed E-state index contributed by atoms with van der Waals surface area (Å²) in [5.74, 6) is -0.461. The SMILES string of the molecule is CCCCCCCCC.Cc1ccc(CNCC(=O)N2CCCC2C(=O)NCB(O)O)cc1.O=C(O)N1Cc2ccccc2C1. The average molecular weight is 625 g/mol. The maximum absolute atomic E-state index is 12.3. The molecule has 0 aliphatic carbocycles. The highest BCUT2D eigenvalue weighted by molar-refractivity contribution is 6.41. The minimum absolute atomic E-state index is 0.121. The normalized spacial score (nSPS) is 14.9. The molecule has 0 bridgehead atoms. The van der Waals surface area contributed by atoms with Gasteiger partial charge in [-0.25, -0.2) is 4.79 Å². The topological polar surface area (TPSA) is 142 Å². The van der Waals surface area contributed by atoms with Gasteiger partial charge in [-0.05, 0) is 36.5 Å². The van der Waals surface area contributed by atoms with Gasteiger partial charge in [0.15, 0.2) is 0 Å². The molecular formula is C34H53BN4O6. The second-order valence-electron chi connectivity index (χ2n) is 11.7. The van der Waals surface area contributed by atoms with E-state index >= 15 is 0 Å². The number of aryl methyl sites for hydroxylation is 1. The number of benzene rings is 2. The number of fused-ring (bicyclic) bond motifs is 1. The van der Waals surface area contributed by atoms with E-state index in [1.165, 1.54) is 55.4 Å². The van der Waals surface area contributed by atoms with Gasteiger partial charge >= 0.3 is 13.2 Å². The Morgan fingerprint density at radius 3 is 2.00 bits per heavy atom. The zero-order valence-electron chi connectivity index (χ0n) is 27.3. The van der Waals surface area contributed by atoms with E-state index in [0.29, 0.717) is 32.6 Å². The van der Waals surface area contributed by atoms with Crippen LogP contribution in [0.25, 0.3) is 0 Å². The van der Waals surface area contributed by atoms with E-state index in [9.17, 15) is 14.4 Å². The molecule has 2 heterocycles. The lowest BCUT2D eigenvalue weighted by Crippen LogP contribution is -2.50. The van der Waals surface area contributed by atoms with Gasteiger partial charge in [0.25, 0.3) is 0 Å². The Kier molecular flexibility index (Phi) is 17.9. The van der Waals surface area contributed by atoms with E-state index in [2.05, 4.69) is 24.5 Å². The fourth-order valence-corrected chi connectivity index (χ4v) is 5.27. The van der Waals surface area contributed by atoms with Crippen LogP contribution in [-0.4, -0.2) is 75.6 Å². The molecule has 1 unspecified atom stereocenters. The average Bonchev–Trinajstić information content (AvgIpc) is 3.70. The molecule has 2 aliphatic rings. The fourth-order valence-electron chi connectivity index (χ4n) is 5.27. The third kappa shape index (κ3) is 14.5. The Labute approximate surface area is 269 Å². The molecule has 1 atom stereocenters. The van der Waals surface area contributed by atoms with Crippen LogP contribution in [0.2, 0.25) is 0 Å². The molecular weight excluding hydrogens is 571 g/mol. The summed E-state index contributed by atoms with van der Waals surface area (Å²) in [6.07, 6.45) is 10.3. The number of hydrogen-bond donors (Lipinski definition) is 5. The van der Waals surface area contributed by atoms with Gasteiger partial charge < -0.3 is 30.7 Å². The Morgan fingerprint density at radius 1 is 0.889 bits per heavy atom. The first-order valence-corrected chi connectivity index (χ1v) is 16.4. The van der Waals surface area contributed by atoms with Crippen molar-refractivity contribution in [1.29, 1.82) is 0 Å². The van der Waals surface area contributed by atoms with Crippen LogP contribution in [-0.2, 0) is 29.2 Å². The largest absolute Gasteiger partial charge is 0.472 e. The quantitative estimate of drug-likeness (QED) is 0.161. The first-order valence-electron chi connectivity index (χ1n) is 16.4. The van der Waals surface area contributed by atoms with E-state index in [1.54, 1.807) is 4.90 Å². The zero-order chi connectivity index (χ0) is 33.0. The molecule has 0 aromatic heterocycles. The standard InChI is InChI=1S/C16H24BN3O4.C9H9NO2.C9H20/c1-12-4-6-13(7-5-12)9-18-10-15(21)20-8-2-3-14(20)16(22)19-11-17(23)24;11-9(12)10-5-7-3-1-2-4-8(7)6-10;1-3-5-7-9-8-6-4-2/h4-7,14,18,23-24H,2-3,8-11H2,1H3,(H,19,22);1-4H,5-6H2,(H,11,12);3-9H2,1-2H3. The van der Waals surface area contributed by atoms with Crippen LogP contribution in [0.15, 0.2) is 48.5 Å². The van der Waals surface area contributed by atoms with Gasteiger partial charge in [0, 0.05) is 26.2 Å². The fraction of sp³-hybridized carbons (Fsp3) is 0.559. The highest BCUT2D eigenvalue weighted by atomic mass is 16.4. The van der Waals surface area contributed by atoms with Crippen LogP contribution >= 0.6 is 0 Å². The number of amides is 3. The predicted octanol–water partition coefficient (Wildman–Crippen LogP) is 4.64. The number of hydrogen-bond acceptors (Lipinski definition) is 6. The lowest BCUT2D eigenvalue weighted by molar-refractivity contribution is -0.137. The van der Waals surface area contributed by atoms with Crippen molar-refractivity contribution >= 4 is 25.0 Å². The predicted molar refractivity (Wildman–Crippen MR) is 178 cm³/mol. The Balaban J connectivity index is 0.000000277. The second kappa shape index (κ2) is 21.4. The van der Waals surface area contributed by atoms with Crippen LogP contribution in [0.4, 0.5) is 4.79 Å². The number of likely N-dealkylation sites (tertiary alicyclic amines) is 1. The van der Waals surface area contributed by atoms with Crippen LogP contribution in [0, 0.1) is 6.92 Å². The molecule has 3 amide bonds. The lowest BCUT2D eigenvalue weighted by atomic mass is 9.92. The number of nitrogens with one attached hydrogen (secondary N) is 2. The van der Waals surface area contributed by atoms with Gasteiger partial charge in [-0.3, -0.25) is 14.5 Å². The molecule has 10 nitrogen and oxygen atoms in total. The Bertz CT molecular complexity index is 1130. The molecule has 0 saturated carbocycles. The van der Waals surface area contributed by atoms with E-state index in [1.807, 2.05) is 55.5 Å². The molecule has 4 rings (SSSR count). The van der Waals surface area contributed by atoms with E-state index in [-0.39, 0.29) is 24.8 Å². The first-order chi connectivity index (χ1) is 21.7. The van der Waals surface area contributed by atoms with Crippen molar-refractivity contribution in [3.63, 3.8) is 0 Å². The molecule has 0 radical (unpaired) electrons. The maximum Gasteiger partial charge on any atom is 0.472 e. The molecule has 2 aromatic carbocycles. The second-order valence-corrected chi connectivity index (χ2v) is 11.7. The van der Waals surface area contributed by atoms with Crippen LogP contribution in [0.3, 0.4) is 0 Å². The highest BCUT2D eigenvalue weighted by Crippen LogP contribution is 2.21. The van der Waals surface area contributed by atoms with Gasteiger partial charge in [0.1, 0.15) is 6.04 Å². The lowest BCUT2D eigenvalue weighted by Gasteiger charge is -2.24. The van der Waals surface area contributed by atoms with Crippen molar-refractivity contribution in [2.75, 3.05) is 19.5 Å². The zero-order valence-corrected chi connectivity index (χ0v) is 27.3. The molecule has 1 saturated heterocycles. The minimum atomic E-state index is -1.59. The third-order valence-electron chi connectivity index (χ3n) is 7.88. The van der Waals surface area contributed by atoms with Crippen molar-refractivity contribution in [2.45, 2.75) is 104 Å². The summed E-state index contributed by atoms with van der Waals surface area (Å²) in [5, 5.41) is 31.9. The number of carbonyl (C=O) groups is 3. The van der Waals surface area contributed by atoms with Crippen LogP contribution in [0.5, 0.6) is 0 Å². The summed E-state index contributed by atoms with van der Waals surface area (Å²) in [7, 11) is -1.59. The maximum atomic E-state index is 12.3. The monoisotopic (exact) mass is 624 g/mol. The summed E-state index contributed by atoms with van der Waals surface area (Å²) < 4.78 is 0. The minimum Gasteiger partial charge on any atom is -0.465 e. The van der Waals surface area contributed by atoms with Crippen molar-refractivity contribution in [2.24, 2.45) is 0 Å². The van der Waals surface area contributed by atoms with Gasteiger partial charge in [-0.15, -0.1) is 0 Å². The smallest absolute Gasteiger partial charge is 0.465 e. The molecule has 248 valence electrons. The molecule has 1 fully saturated rings. The number of nitrogens with zero attached hydrogens (tertiary/aromatic N) is 2. The molecule has 2 aromatic rings. The van der Waals surface area contributed by atoms with E-state index < -0.39 is 19.3 Å². The number of unbranched alkanes of at least 4 members (excludes halogenated alkanes) is 6. The highest BCUT2D eigenvalue weighted by Gasteiger charge is 2.34. The van der Waals surface area contributed by atoms with E-state index in [0.717, 1.165) is 23.1 Å². The van der Waals surface area contributed by atoms with E-state index in [4.69, 9.17) is 15.2 Å². The summed E-state index contributed by atoms with van der Waals surface area (Å²) in [4.78, 5) is 37.9. The number of rotatable bonds is 13. The Morgan fingerprint density at radius 2 is 1.47 bits per heavy atom. The Hall–Kier alpha value is -3.41. The van der Waals surface area contributed by atoms with Gasteiger partial charge in [0.2, 0.25) is 11.8 Å². The summed E-state index contributed by atoms with van der Waals surface area (Å²) >= 11 is 0. The molecule has 0 spiro atoms. The summed E-state index contributed by atoms with van der Waals surface area (Å²) in [6, 6.07) is 15.4. The summed E-state index contributed by atoms with van der Waals surface area (Å²) in [5.41, 5.74) is 4.54. The number of carbonyl (C=O) groups excluding carboxylic acids is 2. The van der Waals surface area contributed by atoms with Crippen molar-refractivity contribution in [1.82, 2.24) is 20.4 Å². The first kappa shape index (κ1) is 37.8. The van der Waals surface area contributed by atoms with Crippen molar-refractivity contribution in [3.05, 3.63) is 70.8 Å². The van der Waals surface area contributed by atoms with Gasteiger partial charge in [0.05, 0.1) is 13.0 Å². The van der Waals surface area contributed by atoms with Crippen molar-refractivity contribution in [3.8, 4) is 0 Å². The molecule has 11 heteroatoms. The van der Waals surface area contributed by atoms with Crippen molar-refractivity contribution < 1.29 is 29.5 Å². The molecule has 2 aliphatic heterocycles. The summed E-state index contributed by atoms with van der Waals surface area (Å²) in [6.45, 7) is 8.92. The number of carboxylic acid groups (broad SMARTS) is 1. The van der Waals surface area contributed by atoms with Gasteiger partial charge in [-0.1, -0.05) is 113 Å². The third-order valence-corrected chi connectivity index (χ3v) is 7.88.